The molecule has 0 aliphatic carbocycles. The normalized spacial score (nSPS) is 14.3. The van der Waals surface area contributed by atoms with Crippen molar-refractivity contribution < 1.29 is 14.3 Å². The SMILES string of the molecule is CCOc1ccc(CN2CCN(C(=O)c3ccc(Oc4cccnc4)cc3)CC2)cc1. The van der Waals surface area contributed by atoms with Crippen molar-refractivity contribution in [2.45, 2.75) is 13.5 Å². The van der Waals surface area contributed by atoms with Gasteiger partial charge >= 0.3 is 0 Å². The number of hydrogen-bond donors (Lipinski definition) is 0. The summed E-state index contributed by atoms with van der Waals surface area (Å²) in [5.74, 6) is 2.32. The quantitative estimate of drug-likeness (QED) is 0.576. The van der Waals surface area contributed by atoms with Gasteiger partial charge < -0.3 is 14.4 Å². The first kappa shape index (κ1) is 20.9. The van der Waals surface area contributed by atoms with Crippen LogP contribution in [0.1, 0.15) is 22.8 Å². The van der Waals surface area contributed by atoms with Crippen LogP contribution in [-0.2, 0) is 6.54 Å². The highest BCUT2D eigenvalue weighted by Gasteiger charge is 2.22. The lowest BCUT2D eigenvalue weighted by molar-refractivity contribution is 0.0628. The molecular formula is C25H27N3O3. The molecule has 0 radical (unpaired) electrons. The number of pyridine rings is 1. The third kappa shape index (κ3) is 5.61. The van der Waals surface area contributed by atoms with Crippen LogP contribution in [0.25, 0.3) is 0 Å². The number of nitrogens with zero attached hydrogens (tertiary/aromatic N) is 3. The Morgan fingerprint density at radius 1 is 0.903 bits per heavy atom. The first-order valence-electron chi connectivity index (χ1n) is 10.6. The van der Waals surface area contributed by atoms with Crippen LogP contribution in [0, 0.1) is 0 Å². The molecule has 1 aliphatic heterocycles. The van der Waals surface area contributed by atoms with Gasteiger partial charge in [-0.05, 0) is 61.0 Å². The summed E-state index contributed by atoms with van der Waals surface area (Å²) in [6, 6.07) is 19.2. The van der Waals surface area contributed by atoms with Crippen molar-refractivity contribution in [1.82, 2.24) is 14.8 Å². The van der Waals surface area contributed by atoms with E-state index in [2.05, 4.69) is 22.0 Å². The van der Waals surface area contributed by atoms with Crippen LogP contribution in [0.3, 0.4) is 0 Å². The molecule has 4 rings (SSSR count). The molecule has 0 atom stereocenters. The molecule has 1 amide bonds. The van der Waals surface area contributed by atoms with Crippen molar-refractivity contribution >= 4 is 5.91 Å². The highest BCUT2D eigenvalue weighted by atomic mass is 16.5. The Labute approximate surface area is 183 Å². The highest BCUT2D eigenvalue weighted by Crippen LogP contribution is 2.21. The molecule has 1 aliphatic rings. The minimum absolute atomic E-state index is 0.0636. The highest BCUT2D eigenvalue weighted by molar-refractivity contribution is 5.94. The third-order valence-corrected chi connectivity index (χ3v) is 5.27. The summed E-state index contributed by atoms with van der Waals surface area (Å²) in [5, 5.41) is 0. The van der Waals surface area contributed by atoms with Crippen LogP contribution in [0.15, 0.2) is 73.1 Å². The molecule has 160 valence electrons. The number of amides is 1. The Bertz CT molecular complexity index is 967. The van der Waals surface area contributed by atoms with E-state index in [0.29, 0.717) is 23.7 Å². The zero-order valence-electron chi connectivity index (χ0n) is 17.7. The second-order valence-corrected chi connectivity index (χ2v) is 7.46. The average molecular weight is 418 g/mol. The number of carbonyl (C=O) groups excluding carboxylic acids is 1. The summed E-state index contributed by atoms with van der Waals surface area (Å²) in [4.78, 5) is 21.2. The molecule has 0 bridgehead atoms. The number of hydrogen-bond acceptors (Lipinski definition) is 5. The van der Waals surface area contributed by atoms with Crippen LogP contribution in [0.5, 0.6) is 17.2 Å². The Balaban J connectivity index is 1.27. The van der Waals surface area contributed by atoms with Gasteiger partial charge in [-0.2, -0.15) is 0 Å². The first-order chi connectivity index (χ1) is 15.2. The smallest absolute Gasteiger partial charge is 0.253 e. The number of benzene rings is 2. The molecule has 3 aromatic rings. The third-order valence-electron chi connectivity index (χ3n) is 5.27. The van der Waals surface area contributed by atoms with E-state index in [9.17, 15) is 4.79 Å². The van der Waals surface area contributed by atoms with Crippen molar-refractivity contribution in [3.8, 4) is 17.2 Å². The van der Waals surface area contributed by atoms with Gasteiger partial charge in [-0.25, -0.2) is 0 Å². The minimum atomic E-state index is 0.0636. The van der Waals surface area contributed by atoms with Gasteiger partial charge in [0.05, 0.1) is 12.8 Å². The van der Waals surface area contributed by atoms with Crippen molar-refractivity contribution in [2.24, 2.45) is 0 Å². The maximum absolute atomic E-state index is 12.9. The molecule has 1 saturated heterocycles. The lowest BCUT2D eigenvalue weighted by Gasteiger charge is -2.34. The zero-order chi connectivity index (χ0) is 21.5. The fourth-order valence-electron chi connectivity index (χ4n) is 3.62. The number of ether oxygens (including phenoxy) is 2. The van der Waals surface area contributed by atoms with Gasteiger partial charge in [-0.1, -0.05) is 12.1 Å². The van der Waals surface area contributed by atoms with Gasteiger partial charge in [0.25, 0.3) is 5.91 Å². The number of carbonyl (C=O) groups is 1. The van der Waals surface area contributed by atoms with Crippen LogP contribution >= 0.6 is 0 Å². The van der Waals surface area contributed by atoms with Crippen LogP contribution in [0.4, 0.5) is 0 Å². The van der Waals surface area contributed by atoms with E-state index in [1.54, 1.807) is 12.4 Å². The standard InChI is InChI=1S/C25H27N3O3/c1-2-30-22-9-5-20(6-10-22)19-27-14-16-28(17-15-27)25(29)21-7-11-23(12-8-21)31-24-4-3-13-26-18-24/h3-13,18H,2,14-17,19H2,1H3. The summed E-state index contributed by atoms with van der Waals surface area (Å²) in [5.41, 5.74) is 1.94. The van der Waals surface area contributed by atoms with Crippen LogP contribution in [0.2, 0.25) is 0 Å². The van der Waals surface area contributed by atoms with Gasteiger partial charge in [0.2, 0.25) is 0 Å². The Hall–Kier alpha value is -3.38. The Morgan fingerprint density at radius 2 is 1.61 bits per heavy atom. The average Bonchev–Trinajstić information content (AvgIpc) is 2.82. The fourth-order valence-corrected chi connectivity index (χ4v) is 3.62. The topological polar surface area (TPSA) is 54.9 Å². The lowest BCUT2D eigenvalue weighted by atomic mass is 10.1. The van der Waals surface area contributed by atoms with E-state index in [-0.39, 0.29) is 5.91 Å². The van der Waals surface area contributed by atoms with Gasteiger partial charge in [0, 0.05) is 44.5 Å². The predicted molar refractivity (Wildman–Crippen MR) is 120 cm³/mol. The predicted octanol–water partition coefficient (Wildman–Crippen LogP) is 4.23. The molecule has 0 unspecified atom stereocenters. The molecule has 0 saturated carbocycles. The molecule has 0 N–H and O–H groups in total. The van der Waals surface area contributed by atoms with Crippen LogP contribution < -0.4 is 9.47 Å². The largest absolute Gasteiger partial charge is 0.494 e. The van der Waals surface area contributed by atoms with Crippen molar-refractivity contribution in [3.05, 3.63) is 84.2 Å². The molecule has 0 spiro atoms. The molecule has 2 heterocycles. The van der Waals surface area contributed by atoms with E-state index in [0.717, 1.165) is 38.5 Å². The molecule has 1 aromatic heterocycles. The summed E-state index contributed by atoms with van der Waals surface area (Å²) in [6.45, 7) is 6.72. The molecular weight excluding hydrogens is 390 g/mol. The van der Waals surface area contributed by atoms with Gasteiger partial charge in [-0.15, -0.1) is 0 Å². The van der Waals surface area contributed by atoms with E-state index in [1.807, 2.05) is 60.4 Å². The molecule has 6 heteroatoms. The summed E-state index contributed by atoms with van der Waals surface area (Å²) >= 11 is 0. The van der Waals surface area contributed by atoms with E-state index in [4.69, 9.17) is 9.47 Å². The van der Waals surface area contributed by atoms with Gasteiger partial charge in [0.1, 0.15) is 17.2 Å². The van der Waals surface area contributed by atoms with Crippen molar-refractivity contribution in [3.63, 3.8) is 0 Å². The van der Waals surface area contributed by atoms with E-state index < -0.39 is 0 Å². The summed E-state index contributed by atoms with van der Waals surface area (Å²) in [6.07, 6.45) is 3.36. The first-order valence-corrected chi connectivity index (χ1v) is 10.6. The zero-order valence-corrected chi connectivity index (χ0v) is 17.7. The summed E-state index contributed by atoms with van der Waals surface area (Å²) in [7, 11) is 0. The molecule has 2 aromatic carbocycles. The molecule has 31 heavy (non-hydrogen) atoms. The van der Waals surface area contributed by atoms with Crippen LogP contribution in [-0.4, -0.2) is 53.5 Å². The van der Waals surface area contributed by atoms with Crippen molar-refractivity contribution in [2.75, 3.05) is 32.8 Å². The molecule has 1 fully saturated rings. The van der Waals surface area contributed by atoms with Gasteiger partial charge in [0.15, 0.2) is 0 Å². The molecule has 6 nitrogen and oxygen atoms in total. The number of rotatable bonds is 7. The Kier molecular flexibility index (Phi) is 6.79. The Morgan fingerprint density at radius 3 is 2.26 bits per heavy atom. The van der Waals surface area contributed by atoms with E-state index in [1.165, 1.54) is 5.56 Å². The second-order valence-electron chi connectivity index (χ2n) is 7.46. The number of piperazine rings is 1. The minimum Gasteiger partial charge on any atom is -0.494 e. The van der Waals surface area contributed by atoms with Gasteiger partial charge in [-0.3, -0.25) is 14.7 Å². The fraction of sp³-hybridized carbons (Fsp3) is 0.280. The second kappa shape index (κ2) is 10.1. The lowest BCUT2D eigenvalue weighted by Crippen LogP contribution is -2.48. The maximum atomic E-state index is 12.9. The summed E-state index contributed by atoms with van der Waals surface area (Å²) < 4.78 is 11.3. The monoisotopic (exact) mass is 417 g/mol. The van der Waals surface area contributed by atoms with Crippen molar-refractivity contribution in [1.29, 1.82) is 0 Å². The number of aromatic nitrogens is 1. The van der Waals surface area contributed by atoms with E-state index >= 15 is 0 Å². The maximum Gasteiger partial charge on any atom is 0.253 e.